The van der Waals surface area contributed by atoms with E-state index in [1.165, 1.54) is 0 Å². The lowest BCUT2D eigenvalue weighted by atomic mass is 9.92. The molecule has 4 nitrogen and oxygen atoms in total. The van der Waals surface area contributed by atoms with Gasteiger partial charge in [0.15, 0.2) is 0 Å². The smallest absolute Gasteiger partial charge is 0.210 e. The van der Waals surface area contributed by atoms with Crippen LogP contribution in [0.4, 0.5) is 0 Å². The van der Waals surface area contributed by atoms with Crippen molar-refractivity contribution in [2.24, 2.45) is 0 Å². The Morgan fingerprint density at radius 2 is 2.12 bits per heavy atom. The molecule has 0 fully saturated rings. The van der Waals surface area contributed by atoms with E-state index in [4.69, 9.17) is 0 Å². The zero-order valence-corrected chi connectivity index (χ0v) is 10.2. The molecule has 0 unspecified atom stereocenters. The molecular formula is C12H19N3O. The van der Waals surface area contributed by atoms with Crippen molar-refractivity contribution in [3.63, 3.8) is 0 Å². The number of aromatic nitrogens is 2. The second-order valence-electron chi connectivity index (χ2n) is 5.42. The van der Waals surface area contributed by atoms with Gasteiger partial charge in [0.05, 0.1) is 17.9 Å². The summed E-state index contributed by atoms with van der Waals surface area (Å²) in [5.74, 6) is 0. The molecule has 0 saturated carbocycles. The highest BCUT2D eigenvalue weighted by Crippen LogP contribution is 2.23. The number of nitrogens with zero attached hydrogens (tertiary/aromatic N) is 3. The Morgan fingerprint density at radius 1 is 1.38 bits per heavy atom. The SMILES string of the molecule is CC(C)(C)c1cc2n(n1)CCCN(C=O)C2. The molecule has 1 aromatic rings. The van der Waals surface area contributed by atoms with E-state index in [0.717, 1.165) is 37.3 Å². The number of amides is 1. The molecule has 0 spiro atoms. The zero-order valence-electron chi connectivity index (χ0n) is 10.2. The van der Waals surface area contributed by atoms with Gasteiger partial charge < -0.3 is 4.90 Å². The van der Waals surface area contributed by atoms with E-state index in [0.29, 0.717) is 6.54 Å². The minimum atomic E-state index is 0.0746. The number of rotatable bonds is 1. The summed E-state index contributed by atoms with van der Waals surface area (Å²) in [7, 11) is 0. The van der Waals surface area contributed by atoms with Crippen LogP contribution in [-0.4, -0.2) is 27.6 Å². The predicted molar refractivity (Wildman–Crippen MR) is 62.0 cm³/mol. The monoisotopic (exact) mass is 221 g/mol. The summed E-state index contributed by atoms with van der Waals surface area (Å²) in [6.45, 7) is 8.91. The van der Waals surface area contributed by atoms with Crippen LogP contribution in [0.25, 0.3) is 0 Å². The van der Waals surface area contributed by atoms with Crippen molar-refractivity contribution in [2.45, 2.75) is 45.7 Å². The van der Waals surface area contributed by atoms with Crippen molar-refractivity contribution in [1.82, 2.24) is 14.7 Å². The van der Waals surface area contributed by atoms with Crippen LogP contribution in [0.15, 0.2) is 6.07 Å². The van der Waals surface area contributed by atoms with Crippen molar-refractivity contribution in [3.8, 4) is 0 Å². The van der Waals surface area contributed by atoms with E-state index in [9.17, 15) is 4.79 Å². The molecule has 1 aliphatic rings. The first-order valence-electron chi connectivity index (χ1n) is 5.77. The summed E-state index contributed by atoms with van der Waals surface area (Å²) in [6, 6.07) is 2.13. The standard InChI is InChI=1S/C12H19N3O/c1-12(2,3)11-7-10-8-14(9-16)5-4-6-15(10)13-11/h7,9H,4-6,8H2,1-3H3. The summed E-state index contributed by atoms with van der Waals surface area (Å²) >= 11 is 0. The maximum absolute atomic E-state index is 10.8. The van der Waals surface area contributed by atoms with Gasteiger partial charge in [0.1, 0.15) is 0 Å². The molecule has 1 aromatic heterocycles. The third-order valence-electron chi connectivity index (χ3n) is 2.96. The number of aryl methyl sites for hydroxylation is 1. The molecule has 2 heterocycles. The molecule has 0 atom stereocenters. The highest BCUT2D eigenvalue weighted by Gasteiger charge is 2.21. The van der Waals surface area contributed by atoms with Gasteiger partial charge in [-0.05, 0) is 12.5 Å². The number of carbonyl (C=O) groups excluding carboxylic acids is 1. The largest absolute Gasteiger partial charge is 0.339 e. The molecule has 4 heteroatoms. The van der Waals surface area contributed by atoms with E-state index in [-0.39, 0.29) is 5.41 Å². The van der Waals surface area contributed by atoms with Crippen LogP contribution in [0.3, 0.4) is 0 Å². The van der Waals surface area contributed by atoms with Crippen molar-refractivity contribution in [1.29, 1.82) is 0 Å². The lowest BCUT2D eigenvalue weighted by molar-refractivity contribution is -0.118. The van der Waals surface area contributed by atoms with Gasteiger partial charge in [0.2, 0.25) is 6.41 Å². The molecule has 1 amide bonds. The topological polar surface area (TPSA) is 38.1 Å². The van der Waals surface area contributed by atoms with Crippen molar-refractivity contribution >= 4 is 6.41 Å². The quantitative estimate of drug-likeness (QED) is 0.675. The van der Waals surface area contributed by atoms with E-state index < -0.39 is 0 Å². The van der Waals surface area contributed by atoms with E-state index in [2.05, 4.69) is 31.9 Å². The fraction of sp³-hybridized carbons (Fsp3) is 0.667. The molecule has 0 aromatic carbocycles. The number of carbonyl (C=O) groups is 1. The van der Waals surface area contributed by atoms with Crippen molar-refractivity contribution in [2.75, 3.05) is 6.54 Å². The summed E-state index contributed by atoms with van der Waals surface area (Å²) in [6.07, 6.45) is 1.91. The second kappa shape index (κ2) is 3.92. The van der Waals surface area contributed by atoms with Crippen molar-refractivity contribution in [3.05, 3.63) is 17.5 Å². The third-order valence-corrected chi connectivity index (χ3v) is 2.96. The fourth-order valence-electron chi connectivity index (χ4n) is 1.94. The molecule has 88 valence electrons. The highest BCUT2D eigenvalue weighted by molar-refractivity contribution is 5.47. The van der Waals surface area contributed by atoms with Crippen LogP contribution >= 0.6 is 0 Å². The summed E-state index contributed by atoms with van der Waals surface area (Å²) in [4.78, 5) is 12.6. The van der Waals surface area contributed by atoms with Crippen LogP contribution in [0.2, 0.25) is 0 Å². The Bertz CT molecular complexity index is 389. The maximum Gasteiger partial charge on any atom is 0.210 e. The average molecular weight is 221 g/mol. The van der Waals surface area contributed by atoms with Crippen LogP contribution in [0, 0.1) is 0 Å². The van der Waals surface area contributed by atoms with Gasteiger partial charge in [-0.15, -0.1) is 0 Å². The first-order chi connectivity index (χ1) is 7.50. The van der Waals surface area contributed by atoms with Crippen LogP contribution < -0.4 is 0 Å². The summed E-state index contributed by atoms with van der Waals surface area (Å²) in [5.41, 5.74) is 2.33. The van der Waals surface area contributed by atoms with Gasteiger partial charge in [-0.3, -0.25) is 9.48 Å². The Kier molecular flexibility index (Phi) is 2.74. The summed E-state index contributed by atoms with van der Waals surface area (Å²) in [5, 5.41) is 4.62. The number of fused-ring (bicyclic) bond motifs is 1. The molecule has 1 aliphatic heterocycles. The zero-order chi connectivity index (χ0) is 11.8. The van der Waals surface area contributed by atoms with Gasteiger partial charge in [0, 0.05) is 18.5 Å². The molecule has 2 rings (SSSR count). The number of hydrogen-bond donors (Lipinski definition) is 0. The van der Waals surface area contributed by atoms with Gasteiger partial charge in [0.25, 0.3) is 0 Å². The van der Waals surface area contributed by atoms with Gasteiger partial charge in [-0.25, -0.2) is 0 Å². The summed E-state index contributed by atoms with van der Waals surface area (Å²) < 4.78 is 2.05. The normalized spacial score (nSPS) is 16.8. The molecule has 0 bridgehead atoms. The molecule has 0 radical (unpaired) electrons. The van der Waals surface area contributed by atoms with Crippen molar-refractivity contribution < 1.29 is 4.79 Å². The minimum absolute atomic E-state index is 0.0746. The maximum atomic E-state index is 10.8. The minimum Gasteiger partial charge on any atom is -0.339 e. The molecule has 16 heavy (non-hydrogen) atoms. The van der Waals surface area contributed by atoms with E-state index >= 15 is 0 Å². The lowest BCUT2D eigenvalue weighted by Gasteiger charge is -2.15. The molecule has 0 aliphatic carbocycles. The van der Waals surface area contributed by atoms with Crippen LogP contribution in [0.1, 0.15) is 38.6 Å². The van der Waals surface area contributed by atoms with Crippen LogP contribution in [-0.2, 0) is 23.3 Å². The molecule has 0 N–H and O–H groups in total. The van der Waals surface area contributed by atoms with Gasteiger partial charge in [-0.1, -0.05) is 20.8 Å². The van der Waals surface area contributed by atoms with E-state index in [1.54, 1.807) is 0 Å². The Hall–Kier alpha value is -1.32. The first-order valence-corrected chi connectivity index (χ1v) is 5.77. The molecular weight excluding hydrogens is 202 g/mol. The van der Waals surface area contributed by atoms with Gasteiger partial charge >= 0.3 is 0 Å². The molecule has 0 saturated heterocycles. The fourth-order valence-corrected chi connectivity index (χ4v) is 1.94. The average Bonchev–Trinajstić information content (AvgIpc) is 2.51. The first kappa shape index (κ1) is 11.2. The van der Waals surface area contributed by atoms with E-state index in [1.807, 2.05) is 9.58 Å². The Morgan fingerprint density at radius 3 is 2.75 bits per heavy atom. The Balaban J connectivity index is 2.30. The number of hydrogen-bond acceptors (Lipinski definition) is 2. The predicted octanol–water partition coefficient (Wildman–Crippen LogP) is 1.54. The second-order valence-corrected chi connectivity index (χ2v) is 5.42. The lowest BCUT2D eigenvalue weighted by Crippen LogP contribution is -2.21. The highest BCUT2D eigenvalue weighted by atomic mass is 16.1. The third kappa shape index (κ3) is 2.10. The van der Waals surface area contributed by atoms with Gasteiger partial charge in [-0.2, -0.15) is 5.10 Å². The Labute approximate surface area is 96.2 Å². The van der Waals surface area contributed by atoms with Crippen LogP contribution in [0.5, 0.6) is 0 Å².